The predicted octanol–water partition coefficient (Wildman–Crippen LogP) is 0.0934. The van der Waals surface area contributed by atoms with E-state index >= 15 is 0 Å². The van der Waals surface area contributed by atoms with Gasteiger partial charge in [-0.05, 0) is 0 Å². The zero-order valence-electron chi connectivity index (χ0n) is 3.09. The van der Waals surface area contributed by atoms with Gasteiger partial charge in [0.1, 0.15) is 0 Å². The zero-order valence-corrected chi connectivity index (χ0v) is 7.26. The van der Waals surface area contributed by atoms with Crippen LogP contribution in [0.4, 0.5) is 0 Å². The summed E-state index contributed by atoms with van der Waals surface area (Å²) in [5, 5.41) is 0. The van der Waals surface area contributed by atoms with Crippen molar-refractivity contribution in [3.05, 3.63) is 0 Å². The van der Waals surface area contributed by atoms with Crippen LogP contribution in [0.25, 0.3) is 0 Å². The van der Waals surface area contributed by atoms with Crippen molar-refractivity contribution in [3.8, 4) is 0 Å². The molecule has 0 amide bonds. The smallest absolute Gasteiger partial charge is 0.0108 e. The zero-order chi connectivity index (χ0) is 2.00. The van der Waals surface area contributed by atoms with E-state index in [2.05, 4.69) is 11.6 Å². The molecule has 0 aliphatic heterocycles. The maximum atomic E-state index is 4.64. The van der Waals surface area contributed by atoms with Crippen LogP contribution in [0, 0.1) is 0 Å². The Morgan fingerprint density at radius 1 is 1.25 bits per heavy atom. The van der Waals surface area contributed by atoms with Gasteiger partial charge in [-0.2, -0.15) is 0 Å². The van der Waals surface area contributed by atoms with E-state index in [0.29, 0.717) is 0 Å². The third-order valence-electron chi connectivity index (χ3n) is 0. The van der Waals surface area contributed by atoms with Crippen molar-refractivity contribution in [3.63, 3.8) is 0 Å². The molecule has 0 bridgehead atoms. The minimum atomic E-state index is 0. The number of alkyl halides is 1. The van der Waals surface area contributed by atoms with E-state index in [1.54, 1.807) is 0 Å². The van der Waals surface area contributed by atoms with Gasteiger partial charge in [0.2, 0.25) is 0 Å². The first-order valence-corrected chi connectivity index (χ1v) is 1.13. The van der Waals surface area contributed by atoms with Gasteiger partial charge in [-0.15, -0.1) is 11.6 Å². The quantitative estimate of drug-likeness (QED) is 0.297. The maximum Gasteiger partial charge on any atom is 0.0108 e. The number of hydrogen-bond donors (Lipinski definition) is 0. The number of halogens is 1. The molecule has 0 rings (SSSR count). The molecular weight excluding hydrogens is 94.8 g/mol. The van der Waals surface area contributed by atoms with Gasteiger partial charge in [0, 0.05) is 59.0 Å². The van der Waals surface area contributed by atoms with Gasteiger partial charge in [0.15, 0.2) is 0 Å². The van der Waals surface area contributed by atoms with Gasteiger partial charge < -0.3 is 0 Å². The third-order valence-corrected chi connectivity index (χ3v) is 0. The van der Waals surface area contributed by atoms with Gasteiger partial charge in [-0.1, -0.05) is 0 Å². The summed E-state index contributed by atoms with van der Waals surface area (Å²) in [7, 11) is 0. The van der Waals surface area contributed by atoms with Crippen LogP contribution in [0.1, 0.15) is 0 Å². The summed E-state index contributed by atoms with van der Waals surface area (Å²) >= 11 is 4.64. The summed E-state index contributed by atoms with van der Waals surface area (Å²) in [4.78, 5) is 0. The van der Waals surface area contributed by atoms with Crippen molar-refractivity contribution in [1.82, 2.24) is 0 Å². The molecule has 0 aromatic carbocycles. The summed E-state index contributed by atoms with van der Waals surface area (Å²) in [6.07, 6.45) is 1.47. The maximum absolute atomic E-state index is 4.64. The molecule has 0 aromatic rings. The fourth-order valence-corrected chi connectivity index (χ4v) is 0. The standard InChI is InChI=1S/CH3Cl.Mg.Na/c1-2;;/h1H3;;. The molecule has 4 heavy (non-hydrogen) atoms. The summed E-state index contributed by atoms with van der Waals surface area (Å²) in [6, 6.07) is 0. The third kappa shape index (κ3) is 8.96. The second-order valence-electron chi connectivity index (χ2n) is 0. The first kappa shape index (κ1) is 16.6. The van der Waals surface area contributed by atoms with Gasteiger partial charge >= 0.3 is 0 Å². The van der Waals surface area contributed by atoms with Crippen LogP contribution in [0.5, 0.6) is 0 Å². The van der Waals surface area contributed by atoms with Crippen LogP contribution in [0.2, 0.25) is 0 Å². The van der Waals surface area contributed by atoms with Crippen molar-refractivity contribution in [2.75, 3.05) is 6.38 Å². The van der Waals surface area contributed by atoms with Crippen LogP contribution in [0.15, 0.2) is 0 Å². The van der Waals surface area contributed by atoms with E-state index in [0.717, 1.165) is 0 Å². The molecule has 3 radical (unpaired) electrons. The van der Waals surface area contributed by atoms with Crippen LogP contribution >= 0.6 is 11.6 Å². The van der Waals surface area contributed by atoms with Gasteiger partial charge in [0.05, 0.1) is 0 Å². The summed E-state index contributed by atoms with van der Waals surface area (Å²) < 4.78 is 0. The Labute approximate surface area is 69.7 Å². The van der Waals surface area contributed by atoms with Crippen LogP contribution < -0.4 is 0 Å². The molecule has 0 aliphatic carbocycles. The van der Waals surface area contributed by atoms with E-state index in [1.807, 2.05) is 0 Å². The number of hydrogen-bond acceptors (Lipinski definition) is 0. The molecule has 0 spiro atoms. The first-order chi connectivity index (χ1) is 1.00. The Balaban J connectivity index is -0.00000000500. The van der Waals surface area contributed by atoms with Crippen molar-refractivity contribution >= 4 is 64.2 Å². The SMILES string of the molecule is CCl.[Mg].[Na]. The van der Waals surface area contributed by atoms with Crippen LogP contribution in [0.3, 0.4) is 0 Å². The average molecular weight is 97.8 g/mol. The Hall–Kier alpha value is 2.06. The minimum Gasteiger partial charge on any atom is -0.130 e. The Morgan fingerprint density at radius 3 is 1.25 bits per heavy atom. The van der Waals surface area contributed by atoms with E-state index in [1.165, 1.54) is 6.38 Å². The monoisotopic (exact) mass is 97.0 g/mol. The van der Waals surface area contributed by atoms with E-state index in [9.17, 15) is 0 Å². The fraction of sp³-hybridized carbons (Fsp3) is 1.00. The largest absolute Gasteiger partial charge is 0.130 e. The Bertz CT molecular complexity index is 8.00. The van der Waals surface area contributed by atoms with E-state index in [-0.39, 0.29) is 52.6 Å². The van der Waals surface area contributed by atoms with Crippen molar-refractivity contribution in [2.24, 2.45) is 0 Å². The minimum absolute atomic E-state index is 0. The van der Waals surface area contributed by atoms with Crippen molar-refractivity contribution in [2.45, 2.75) is 0 Å². The van der Waals surface area contributed by atoms with Crippen LogP contribution in [-0.2, 0) is 0 Å². The Morgan fingerprint density at radius 2 is 1.25 bits per heavy atom. The normalized spacial score (nSPS) is 1.50. The summed E-state index contributed by atoms with van der Waals surface area (Å²) in [5.41, 5.74) is 0. The molecule has 3 heteroatoms. The van der Waals surface area contributed by atoms with Gasteiger partial charge in [0.25, 0.3) is 0 Å². The molecule has 0 fully saturated rings. The number of rotatable bonds is 0. The van der Waals surface area contributed by atoms with E-state index in [4.69, 9.17) is 0 Å². The van der Waals surface area contributed by atoms with Crippen molar-refractivity contribution < 1.29 is 0 Å². The molecular formula is CH3ClMgNa. The topological polar surface area (TPSA) is 0 Å². The Kier molecular flexibility index (Phi) is 81.5. The average Bonchev–Trinajstić information content (AvgIpc) is 1.00. The molecule has 0 atom stereocenters. The molecule has 0 nitrogen and oxygen atoms in total. The summed E-state index contributed by atoms with van der Waals surface area (Å²) in [5.74, 6) is 0. The second kappa shape index (κ2) is 19.7. The molecule has 0 saturated carbocycles. The van der Waals surface area contributed by atoms with Gasteiger partial charge in [-0.3, -0.25) is 0 Å². The van der Waals surface area contributed by atoms with E-state index < -0.39 is 0 Å². The molecule has 17 valence electrons. The van der Waals surface area contributed by atoms with Crippen LogP contribution in [-0.4, -0.2) is 59.0 Å². The molecule has 0 unspecified atom stereocenters. The fourth-order valence-electron chi connectivity index (χ4n) is 0. The molecule has 0 N–H and O–H groups in total. The molecule has 0 heterocycles. The molecule has 0 saturated heterocycles. The van der Waals surface area contributed by atoms with Crippen molar-refractivity contribution in [1.29, 1.82) is 0 Å². The first-order valence-electron chi connectivity index (χ1n) is 0.378. The second-order valence-corrected chi connectivity index (χ2v) is 0. The predicted molar refractivity (Wildman–Crippen MR) is 23.3 cm³/mol. The van der Waals surface area contributed by atoms with Gasteiger partial charge in [-0.25, -0.2) is 0 Å². The molecule has 0 aromatic heterocycles. The molecule has 0 aliphatic rings. The summed E-state index contributed by atoms with van der Waals surface area (Å²) in [6.45, 7) is 0.